The minimum Gasteiger partial charge on any atom is -0.482 e. The number of nitrogens with one attached hydrogen (secondary N) is 1. The molecule has 0 aliphatic heterocycles. The number of carbonyl (C=O) groups excluding carboxylic acids is 2. The van der Waals surface area contributed by atoms with Gasteiger partial charge in [0.2, 0.25) is 5.78 Å². The number of carbonyl (C=O) groups is 2. The number of halogens is 1. The van der Waals surface area contributed by atoms with E-state index in [-0.39, 0.29) is 11.7 Å². The lowest BCUT2D eigenvalue weighted by Crippen LogP contribution is -2.23. The van der Waals surface area contributed by atoms with E-state index >= 15 is 0 Å². The Kier molecular flexibility index (Phi) is 6.04. The number of anilines is 1. The number of rotatable bonds is 6. The van der Waals surface area contributed by atoms with Gasteiger partial charge in [-0.25, -0.2) is 0 Å². The van der Waals surface area contributed by atoms with Crippen molar-refractivity contribution in [3.05, 3.63) is 94.5 Å². The van der Waals surface area contributed by atoms with Crippen molar-refractivity contribution in [1.29, 1.82) is 0 Å². The van der Waals surface area contributed by atoms with Crippen molar-refractivity contribution in [1.82, 2.24) is 0 Å². The van der Waals surface area contributed by atoms with Gasteiger partial charge < -0.3 is 10.1 Å². The molecule has 0 radical (unpaired) electrons. The van der Waals surface area contributed by atoms with Crippen LogP contribution in [-0.4, -0.2) is 17.8 Å². The number of Topliss-reactive ketones (excluding diaryl/α,β-unsaturated/α-hetero) is 1. The normalized spacial score (nSPS) is 11.5. The molecule has 4 nitrogen and oxygen atoms in total. The van der Waals surface area contributed by atoms with Crippen molar-refractivity contribution in [2.24, 2.45) is 0 Å². The Hall–Kier alpha value is -2.92. The first-order valence-corrected chi connectivity index (χ1v) is 9.25. The Labute approximate surface area is 166 Å². The molecule has 0 heterocycles. The van der Waals surface area contributed by atoms with Gasteiger partial charge in [-0.3, -0.25) is 9.59 Å². The predicted octanol–water partition coefficient (Wildman–Crippen LogP) is 5.35. The molecule has 0 aromatic heterocycles. The third-order valence-electron chi connectivity index (χ3n) is 3.94. The first-order valence-electron chi connectivity index (χ1n) is 8.46. The first kappa shape index (κ1) is 18.9. The number of ketones is 1. The fourth-order valence-corrected chi connectivity index (χ4v) is 2.81. The molecule has 0 unspecified atom stereocenters. The topological polar surface area (TPSA) is 55.4 Å². The van der Waals surface area contributed by atoms with Crippen molar-refractivity contribution in [2.75, 3.05) is 5.32 Å². The van der Waals surface area contributed by atoms with Crippen molar-refractivity contribution in [3.63, 3.8) is 0 Å². The minimum absolute atomic E-state index is 0.0973. The molecule has 0 saturated carbocycles. The highest BCUT2D eigenvalue weighted by Gasteiger charge is 2.17. The molecule has 0 spiro atoms. The third kappa shape index (κ3) is 5.05. The lowest BCUT2D eigenvalue weighted by atomic mass is 10.1. The Bertz CT molecular complexity index is 939. The molecule has 136 valence electrons. The molecule has 1 atom stereocenters. The highest BCUT2D eigenvalue weighted by Crippen LogP contribution is 2.21. The highest BCUT2D eigenvalue weighted by molar-refractivity contribution is 9.10. The predicted molar refractivity (Wildman–Crippen MR) is 109 cm³/mol. The lowest BCUT2D eigenvalue weighted by molar-refractivity contribution is 0.0818. The van der Waals surface area contributed by atoms with E-state index in [1.165, 1.54) is 0 Å². The van der Waals surface area contributed by atoms with E-state index < -0.39 is 6.10 Å². The number of hydrogen-bond donors (Lipinski definition) is 1. The molecule has 0 aliphatic rings. The lowest BCUT2D eigenvalue weighted by Gasteiger charge is -2.15. The molecular weight excluding hydrogens is 406 g/mol. The Morgan fingerprint density at radius 2 is 1.59 bits per heavy atom. The van der Waals surface area contributed by atoms with Gasteiger partial charge in [0.15, 0.2) is 6.10 Å². The van der Waals surface area contributed by atoms with E-state index in [2.05, 4.69) is 21.2 Å². The molecule has 0 aliphatic carbocycles. The molecule has 1 N–H and O–H groups in total. The molecule has 5 heteroatoms. The van der Waals surface area contributed by atoms with Crippen LogP contribution in [0, 0.1) is 0 Å². The quantitative estimate of drug-likeness (QED) is 0.543. The fraction of sp³-hybridized carbons (Fsp3) is 0.0909. The summed E-state index contributed by atoms with van der Waals surface area (Å²) in [5.74, 6) is 0.202. The van der Waals surface area contributed by atoms with Crippen LogP contribution in [-0.2, 0) is 0 Å². The fourth-order valence-electron chi connectivity index (χ4n) is 2.55. The number of ether oxygens (including phenoxy) is 1. The maximum Gasteiger partial charge on any atom is 0.255 e. The summed E-state index contributed by atoms with van der Waals surface area (Å²) in [5.41, 5.74) is 1.75. The van der Waals surface area contributed by atoms with E-state index in [0.717, 1.165) is 4.47 Å². The summed E-state index contributed by atoms with van der Waals surface area (Å²) in [5, 5.41) is 2.83. The first-order chi connectivity index (χ1) is 13.0. The van der Waals surface area contributed by atoms with E-state index in [9.17, 15) is 9.59 Å². The summed E-state index contributed by atoms with van der Waals surface area (Å²) >= 11 is 3.35. The second-order valence-electron chi connectivity index (χ2n) is 5.98. The zero-order valence-electron chi connectivity index (χ0n) is 14.7. The smallest absolute Gasteiger partial charge is 0.255 e. The van der Waals surface area contributed by atoms with Gasteiger partial charge in [0.1, 0.15) is 5.75 Å². The third-order valence-corrected chi connectivity index (χ3v) is 4.47. The van der Waals surface area contributed by atoms with Crippen molar-refractivity contribution >= 4 is 33.3 Å². The van der Waals surface area contributed by atoms with Crippen LogP contribution in [0.3, 0.4) is 0 Å². The van der Waals surface area contributed by atoms with Gasteiger partial charge in [-0.05, 0) is 43.3 Å². The standard InChI is InChI=1S/C22H18BrNO3/c1-15(21(25)16-6-3-2-4-7-16)27-20-9-5-8-19(14-20)24-22(26)17-10-12-18(23)13-11-17/h2-15H,1H3,(H,24,26)/t15-/m0/s1. The summed E-state index contributed by atoms with van der Waals surface area (Å²) in [7, 11) is 0. The summed E-state index contributed by atoms with van der Waals surface area (Å²) in [6, 6.07) is 23.1. The van der Waals surface area contributed by atoms with Gasteiger partial charge in [0, 0.05) is 27.4 Å². The molecule has 0 bridgehead atoms. The molecule has 3 aromatic carbocycles. The van der Waals surface area contributed by atoms with Crippen molar-refractivity contribution in [2.45, 2.75) is 13.0 Å². The van der Waals surface area contributed by atoms with E-state index in [0.29, 0.717) is 22.6 Å². The summed E-state index contributed by atoms with van der Waals surface area (Å²) in [6.07, 6.45) is -0.634. The summed E-state index contributed by atoms with van der Waals surface area (Å²) in [6.45, 7) is 1.71. The van der Waals surface area contributed by atoms with Crippen LogP contribution in [0.25, 0.3) is 0 Å². The van der Waals surface area contributed by atoms with Crippen LogP contribution >= 0.6 is 15.9 Å². The van der Waals surface area contributed by atoms with Crippen molar-refractivity contribution < 1.29 is 14.3 Å². The largest absolute Gasteiger partial charge is 0.482 e. The SMILES string of the molecule is C[C@H](Oc1cccc(NC(=O)c2ccc(Br)cc2)c1)C(=O)c1ccccc1. The van der Waals surface area contributed by atoms with Crippen LogP contribution in [0.1, 0.15) is 27.6 Å². The van der Waals surface area contributed by atoms with Gasteiger partial charge in [-0.2, -0.15) is 0 Å². The maximum atomic E-state index is 12.4. The number of benzene rings is 3. The molecule has 0 saturated heterocycles. The van der Waals surface area contributed by atoms with Gasteiger partial charge in [-0.15, -0.1) is 0 Å². The van der Waals surface area contributed by atoms with Gasteiger partial charge in [0.25, 0.3) is 5.91 Å². The van der Waals surface area contributed by atoms with Crippen molar-refractivity contribution in [3.8, 4) is 5.75 Å². The summed E-state index contributed by atoms with van der Waals surface area (Å²) in [4.78, 5) is 24.8. The van der Waals surface area contributed by atoms with Gasteiger partial charge >= 0.3 is 0 Å². The zero-order valence-corrected chi connectivity index (χ0v) is 16.3. The monoisotopic (exact) mass is 423 g/mol. The van der Waals surface area contributed by atoms with Crippen LogP contribution in [0.2, 0.25) is 0 Å². The van der Waals surface area contributed by atoms with E-state index in [4.69, 9.17) is 4.74 Å². The zero-order chi connectivity index (χ0) is 19.2. The summed E-state index contributed by atoms with van der Waals surface area (Å²) < 4.78 is 6.68. The number of hydrogen-bond acceptors (Lipinski definition) is 3. The minimum atomic E-state index is -0.634. The molecular formula is C22H18BrNO3. The molecule has 0 fully saturated rings. The van der Waals surface area contributed by atoms with Crippen LogP contribution in [0.15, 0.2) is 83.3 Å². The van der Waals surface area contributed by atoms with Crippen LogP contribution in [0.4, 0.5) is 5.69 Å². The molecule has 3 rings (SSSR count). The van der Waals surface area contributed by atoms with Gasteiger partial charge in [0.05, 0.1) is 0 Å². The Morgan fingerprint density at radius 1 is 0.889 bits per heavy atom. The highest BCUT2D eigenvalue weighted by atomic mass is 79.9. The molecule has 27 heavy (non-hydrogen) atoms. The van der Waals surface area contributed by atoms with Crippen LogP contribution in [0.5, 0.6) is 5.75 Å². The average Bonchev–Trinajstić information content (AvgIpc) is 2.68. The van der Waals surface area contributed by atoms with E-state index in [1.54, 1.807) is 55.5 Å². The maximum absolute atomic E-state index is 12.4. The molecule has 1 amide bonds. The average molecular weight is 424 g/mol. The molecule has 3 aromatic rings. The van der Waals surface area contributed by atoms with E-state index in [1.807, 2.05) is 30.3 Å². The Morgan fingerprint density at radius 3 is 2.30 bits per heavy atom. The van der Waals surface area contributed by atoms with Crippen LogP contribution < -0.4 is 10.1 Å². The second kappa shape index (κ2) is 8.64. The Balaban J connectivity index is 1.67. The second-order valence-corrected chi connectivity index (χ2v) is 6.89. The van der Waals surface area contributed by atoms with Gasteiger partial charge in [-0.1, -0.05) is 52.3 Å². The number of amides is 1.